The smallest absolute Gasteiger partial charge is 0.227 e. The van der Waals surface area contributed by atoms with Crippen molar-refractivity contribution in [3.63, 3.8) is 0 Å². The lowest BCUT2D eigenvalue weighted by molar-refractivity contribution is -0.123. The van der Waals surface area contributed by atoms with Gasteiger partial charge in [0.15, 0.2) is 0 Å². The second kappa shape index (κ2) is 8.02. The monoisotopic (exact) mass is 334 g/mol. The minimum Gasteiger partial charge on any atom is -0.361 e. The molecular formula is C22H26N2O. The van der Waals surface area contributed by atoms with Crippen LogP contribution in [0.1, 0.15) is 37.3 Å². The van der Waals surface area contributed by atoms with Crippen LogP contribution in [0.5, 0.6) is 0 Å². The van der Waals surface area contributed by atoms with Crippen molar-refractivity contribution in [3.05, 3.63) is 71.9 Å². The molecule has 0 saturated carbocycles. The number of aromatic nitrogens is 1. The van der Waals surface area contributed by atoms with E-state index >= 15 is 0 Å². The van der Waals surface area contributed by atoms with E-state index in [0.717, 1.165) is 23.9 Å². The average Bonchev–Trinajstić information content (AvgIpc) is 3.06. The molecule has 130 valence electrons. The van der Waals surface area contributed by atoms with Gasteiger partial charge in [0.25, 0.3) is 0 Å². The summed E-state index contributed by atoms with van der Waals surface area (Å²) in [6.45, 7) is 4.94. The predicted octanol–water partition coefficient (Wildman–Crippen LogP) is 4.66. The van der Waals surface area contributed by atoms with Crippen molar-refractivity contribution < 1.29 is 4.79 Å². The van der Waals surface area contributed by atoms with E-state index in [0.29, 0.717) is 12.5 Å². The molecule has 0 aliphatic heterocycles. The number of para-hydroxylation sites is 1. The Morgan fingerprint density at radius 3 is 2.56 bits per heavy atom. The Balaban J connectivity index is 1.65. The molecule has 0 bridgehead atoms. The topological polar surface area (TPSA) is 44.9 Å². The van der Waals surface area contributed by atoms with Crippen LogP contribution in [0.4, 0.5) is 0 Å². The first-order valence-corrected chi connectivity index (χ1v) is 9.08. The van der Waals surface area contributed by atoms with Crippen molar-refractivity contribution in [3.8, 4) is 0 Å². The van der Waals surface area contributed by atoms with Crippen LogP contribution in [-0.4, -0.2) is 17.4 Å². The van der Waals surface area contributed by atoms with E-state index in [1.165, 1.54) is 10.9 Å². The number of carbonyl (C=O) groups is 1. The van der Waals surface area contributed by atoms with E-state index < -0.39 is 0 Å². The fourth-order valence-electron chi connectivity index (χ4n) is 3.40. The van der Waals surface area contributed by atoms with Crippen LogP contribution in [0.25, 0.3) is 10.9 Å². The Morgan fingerprint density at radius 1 is 1.08 bits per heavy atom. The van der Waals surface area contributed by atoms with Gasteiger partial charge in [-0.05, 0) is 29.5 Å². The Kier molecular flexibility index (Phi) is 5.54. The molecular weight excluding hydrogens is 308 g/mol. The molecule has 2 unspecified atom stereocenters. The van der Waals surface area contributed by atoms with Gasteiger partial charge in [0.2, 0.25) is 5.91 Å². The van der Waals surface area contributed by atoms with Gasteiger partial charge in [-0.3, -0.25) is 4.79 Å². The molecule has 0 aliphatic carbocycles. The zero-order valence-electron chi connectivity index (χ0n) is 15.0. The van der Waals surface area contributed by atoms with Crippen LogP contribution in [0.15, 0.2) is 60.8 Å². The SMILES string of the molecule is CCC(C)C(C(=O)NCCc1c[nH]c2ccccc12)c1ccccc1. The lowest BCUT2D eigenvalue weighted by atomic mass is 9.85. The highest BCUT2D eigenvalue weighted by molar-refractivity contribution is 5.85. The second-order valence-corrected chi connectivity index (χ2v) is 6.67. The fourth-order valence-corrected chi connectivity index (χ4v) is 3.40. The van der Waals surface area contributed by atoms with Crippen molar-refractivity contribution >= 4 is 16.8 Å². The third-order valence-corrected chi connectivity index (χ3v) is 5.02. The minimum atomic E-state index is -0.0887. The number of hydrogen-bond donors (Lipinski definition) is 2. The zero-order valence-corrected chi connectivity index (χ0v) is 15.0. The number of hydrogen-bond acceptors (Lipinski definition) is 1. The molecule has 3 heteroatoms. The molecule has 0 fully saturated rings. The minimum absolute atomic E-state index is 0.0887. The van der Waals surface area contributed by atoms with Gasteiger partial charge in [-0.15, -0.1) is 0 Å². The van der Waals surface area contributed by atoms with Gasteiger partial charge < -0.3 is 10.3 Å². The van der Waals surface area contributed by atoms with Crippen LogP contribution < -0.4 is 5.32 Å². The van der Waals surface area contributed by atoms with E-state index in [1.54, 1.807) is 0 Å². The largest absolute Gasteiger partial charge is 0.361 e. The molecule has 3 nitrogen and oxygen atoms in total. The van der Waals surface area contributed by atoms with Gasteiger partial charge in [0.1, 0.15) is 0 Å². The standard InChI is InChI=1S/C22H26N2O/c1-3-16(2)21(17-9-5-4-6-10-17)22(25)23-14-13-18-15-24-20-12-8-7-11-19(18)20/h4-12,15-16,21,24H,3,13-14H2,1-2H3,(H,23,25). The van der Waals surface area contributed by atoms with Gasteiger partial charge >= 0.3 is 0 Å². The first-order valence-electron chi connectivity index (χ1n) is 9.08. The summed E-state index contributed by atoms with van der Waals surface area (Å²) in [6.07, 6.45) is 3.85. The van der Waals surface area contributed by atoms with Crippen LogP contribution in [0, 0.1) is 5.92 Å². The number of H-pyrrole nitrogens is 1. The molecule has 0 radical (unpaired) electrons. The van der Waals surface area contributed by atoms with Gasteiger partial charge in [-0.2, -0.15) is 0 Å². The van der Waals surface area contributed by atoms with Crippen LogP contribution in [0.3, 0.4) is 0 Å². The van der Waals surface area contributed by atoms with Crippen molar-refractivity contribution in [2.24, 2.45) is 5.92 Å². The lowest BCUT2D eigenvalue weighted by Crippen LogP contribution is -2.34. The number of fused-ring (bicyclic) bond motifs is 1. The fraction of sp³-hybridized carbons (Fsp3) is 0.318. The van der Waals surface area contributed by atoms with E-state index in [2.05, 4.69) is 48.4 Å². The van der Waals surface area contributed by atoms with Crippen LogP contribution in [0.2, 0.25) is 0 Å². The number of rotatable bonds is 7. The van der Waals surface area contributed by atoms with Crippen molar-refractivity contribution in [2.75, 3.05) is 6.54 Å². The highest BCUT2D eigenvalue weighted by atomic mass is 16.1. The van der Waals surface area contributed by atoms with Crippen molar-refractivity contribution in [1.29, 1.82) is 0 Å². The highest BCUT2D eigenvalue weighted by Gasteiger charge is 2.25. The van der Waals surface area contributed by atoms with Crippen LogP contribution in [-0.2, 0) is 11.2 Å². The molecule has 3 rings (SSSR count). The number of carbonyl (C=O) groups excluding carboxylic acids is 1. The average molecular weight is 334 g/mol. The number of benzene rings is 2. The number of aromatic amines is 1. The predicted molar refractivity (Wildman–Crippen MR) is 104 cm³/mol. The van der Waals surface area contributed by atoms with Gasteiger partial charge in [-0.1, -0.05) is 68.8 Å². The quantitative estimate of drug-likeness (QED) is 0.649. The van der Waals surface area contributed by atoms with E-state index in [4.69, 9.17) is 0 Å². The molecule has 2 atom stereocenters. The molecule has 3 aromatic rings. The molecule has 25 heavy (non-hydrogen) atoms. The van der Waals surface area contributed by atoms with Crippen molar-refractivity contribution in [1.82, 2.24) is 10.3 Å². The number of amides is 1. The molecule has 0 spiro atoms. The van der Waals surface area contributed by atoms with E-state index in [9.17, 15) is 4.79 Å². The molecule has 1 amide bonds. The summed E-state index contributed by atoms with van der Waals surface area (Å²) in [4.78, 5) is 16.1. The summed E-state index contributed by atoms with van der Waals surface area (Å²) in [5.74, 6) is 0.352. The molecule has 1 heterocycles. The molecule has 1 aromatic heterocycles. The van der Waals surface area contributed by atoms with Gasteiger partial charge in [-0.25, -0.2) is 0 Å². The second-order valence-electron chi connectivity index (χ2n) is 6.67. The van der Waals surface area contributed by atoms with E-state index in [-0.39, 0.29) is 11.8 Å². The first-order chi connectivity index (χ1) is 12.2. The number of nitrogens with one attached hydrogen (secondary N) is 2. The van der Waals surface area contributed by atoms with Gasteiger partial charge in [0.05, 0.1) is 5.92 Å². The maximum absolute atomic E-state index is 12.8. The third kappa shape index (κ3) is 3.93. The van der Waals surface area contributed by atoms with Crippen molar-refractivity contribution in [2.45, 2.75) is 32.6 Å². The Bertz CT molecular complexity index is 822. The summed E-state index contributed by atoms with van der Waals surface area (Å²) in [5.41, 5.74) is 3.49. The van der Waals surface area contributed by atoms with Gasteiger partial charge in [0, 0.05) is 23.6 Å². The Morgan fingerprint density at radius 2 is 1.80 bits per heavy atom. The maximum atomic E-state index is 12.8. The Hall–Kier alpha value is -2.55. The maximum Gasteiger partial charge on any atom is 0.227 e. The summed E-state index contributed by atoms with van der Waals surface area (Å²) in [7, 11) is 0. The normalized spacial score (nSPS) is 13.5. The molecule has 2 aromatic carbocycles. The summed E-state index contributed by atoms with van der Waals surface area (Å²) in [5, 5.41) is 4.38. The molecule has 2 N–H and O–H groups in total. The highest BCUT2D eigenvalue weighted by Crippen LogP contribution is 2.27. The first kappa shape index (κ1) is 17.3. The van der Waals surface area contributed by atoms with Crippen LogP contribution >= 0.6 is 0 Å². The summed E-state index contributed by atoms with van der Waals surface area (Å²) < 4.78 is 0. The zero-order chi connectivity index (χ0) is 17.6. The van der Waals surface area contributed by atoms with E-state index in [1.807, 2.05) is 36.5 Å². The summed E-state index contributed by atoms with van der Waals surface area (Å²) in [6, 6.07) is 18.4. The molecule has 0 aliphatic rings. The molecule has 0 saturated heterocycles. The third-order valence-electron chi connectivity index (χ3n) is 5.02. The summed E-state index contributed by atoms with van der Waals surface area (Å²) >= 11 is 0. The Labute approximate surface area is 149 Å². The lowest BCUT2D eigenvalue weighted by Gasteiger charge is -2.22.